The molecule has 94 valence electrons. The molecule has 1 aromatic carbocycles. The normalized spacial score (nSPS) is 24.8. The minimum Gasteiger partial charge on any atom is -0.314 e. The van der Waals surface area contributed by atoms with Crippen LogP contribution in [-0.4, -0.2) is 18.6 Å². The molecule has 0 aromatic heterocycles. The van der Waals surface area contributed by atoms with E-state index < -0.39 is 0 Å². The predicted molar refractivity (Wildman–Crippen MR) is 73.0 cm³/mol. The van der Waals surface area contributed by atoms with Crippen molar-refractivity contribution in [3.63, 3.8) is 0 Å². The Morgan fingerprint density at radius 1 is 1.06 bits per heavy atom. The van der Waals surface area contributed by atoms with E-state index in [1.54, 1.807) is 0 Å². The van der Waals surface area contributed by atoms with E-state index in [9.17, 15) is 0 Å². The third-order valence-corrected chi connectivity index (χ3v) is 3.60. The molecular weight excluding hydrogens is 208 g/mol. The summed E-state index contributed by atoms with van der Waals surface area (Å²) < 4.78 is 0. The van der Waals surface area contributed by atoms with E-state index in [0.717, 1.165) is 19.1 Å². The molecule has 2 heteroatoms. The molecule has 0 radical (unpaired) electrons. The van der Waals surface area contributed by atoms with Crippen molar-refractivity contribution in [2.24, 2.45) is 0 Å². The van der Waals surface area contributed by atoms with Crippen LogP contribution >= 0.6 is 0 Å². The third kappa shape index (κ3) is 4.14. The lowest BCUT2D eigenvalue weighted by Gasteiger charge is -2.30. The van der Waals surface area contributed by atoms with Crippen molar-refractivity contribution in [3.8, 4) is 0 Å². The van der Waals surface area contributed by atoms with Gasteiger partial charge in [0.15, 0.2) is 0 Å². The highest BCUT2D eigenvalue weighted by Crippen LogP contribution is 2.18. The molecule has 0 saturated heterocycles. The fourth-order valence-electron chi connectivity index (χ4n) is 2.71. The van der Waals surface area contributed by atoms with Gasteiger partial charge in [-0.05, 0) is 31.4 Å². The highest BCUT2D eigenvalue weighted by atomic mass is 15.0. The molecule has 1 saturated carbocycles. The minimum absolute atomic E-state index is 0.688. The van der Waals surface area contributed by atoms with Gasteiger partial charge in [-0.2, -0.15) is 0 Å². The Bertz CT molecular complexity index is 308. The van der Waals surface area contributed by atoms with Crippen LogP contribution < -0.4 is 10.6 Å². The maximum absolute atomic E-state index is 3.69. The molecule has 1 aromatic rings. The Labute approximate surface area is 105 Å². The van der Waals surface area contributed by atoms with Crippen molar-refractivity contribution in [1.29, 1.82) is 0 Å². The molecule has 2 atom stereocenters. The molecule has 0 bridgehead atoms. The Balaban J connectivity index is 1.75. The van der Waals surface area contributed by atoms with Crippen LogP contribution in [0.25, 0.3) is 0 Å². The van der Waals surface area contributed by atoms with Gasteiger partial charge in [0, 0.05) is 18.6 Å². The summed E-state index contributed by atoms with van der Waals surface area (Å²) in [5.41, 5.74) is 1.39. The number of hydrogen-bond donors (Lipinski definition) is 2. The second kappa shape index (κ2) is 6.77. The quantitative estimate of drug-likeness (QED) is 0.815. The number of rotatable bonds is 5. The van der Waals surface area contributed by atoms with Crippen LogP contribution in [0.3, 0.4) is 0 Å². The zero-order valence-corrected chi connectivity index (χ0v) is 10.8. The lowest BCUT2D eigenvalue weighted by atomic mass is 9.91. The first kappa shape index (κ1) is 12.6. The lowest BCUT2D eigenvalue weighted by molar-refractivity contribution is 0.304. The van der Waals surface area contributed by atoms with Gasteiger partial charge in [-0.15, -0.1) is 0 Å². The topological polar surface area (TPSA) is 24.1 Å². The summed E-state index contributed by atoms with van der Waals surface area (Å²) >= 11 is 0. The van der Waals surface area contributed by atoms with Gasteiger partial charge in [0.05, 0.1) is 0 Å². The number of benzene rings is 1. The summed E-state index contributed by atoms with van der Waals surface area (Å²) in [6.07, 6.45) is 5.30. The van der Waals surface area contributed by atoms with E-state index >= 15 is 0 Å². The molecular formula is C15H24N2. The van der Waals surface area contributed by atoms with Gasteiger partial charge >= 0.3 is 0 Å². The van der Waals surface area contributed by atoms with Gasteiger partial charge < -0.3 is 10.6 Å². The van der Waals surface area contributed by atoms with E-state index in [1.807, 2.05) is 0 Å². The van der Waals surface area contributed by atoms with Gasteiger partial charge in [0.1, 0.15) is 0 Å². The van der Waals surface area contributed by atoms with Gasteiger partial charge in [0.25, 0.3) is 0 Å². The molecule has 17 heavy (non-hydrogen) atoms. The summed E-state index contributed by atoms with van der Waals surface area (Å²) in [4.78, 5) is 0. The van der Waals surface area contributed by atoms with E-state index in [0.29, 0.717) is 6.04 Å². The molecule has 0 unspecified atom stereocenters. The van der Waals surface area contributed by atoms with E-state index in [4.69, 9.17) is 0 Å². The maximum Gasteiger partial charge on any atom is 0.0208 e. The van der Waals surface area contributed by atoms with Crippen molar-refractivity contribution in [2.45, 2.75) is 51.2 Å². The SMILES string of the molecule is CCN[C@H]1CCC[C@H](NCc2ccccc2)C1. The molecule has 1 aliphatic rings. The van der Waals surface area contributed by atoms with Gasteiger partial charge in [-0.3, -0.25) is 0 Å². The van der Waals surface area contributed by atoms with Crippen LogP contribution in [0.5, 0.6) is 0 Å². The first-order valence-corrected chi connectivity index (χ1v) is 6.89. The second-order valence-electron chi connectivity index (χ2n) is 4.98. The van der Waals surface area contributed by atoms with Crippen LogP contribution in [0.2, 0.25) is 0 Å². The Morgan fingerprint density at radius 2 is 1.76 bits per heavy atom. The average molecular weight is 232 g/mol. The Hall–Kier alpha value is -0.860. The summed E-state index contributed by atoms with van der Waals surface area (Å²) in [7, 11) is 0. The smallest absolute Gasteiger partial charge is 0.0208 e. The molecule has 2 N–H and O–H groups in total. The van der Waals surface area contributed by atoms with Crippen molar-refractivity contribution in [2.75, 3.05) is 6.54 Å². The molecule has 1 fully saturated rings. The molecule has 0 heterocycles. The van der Waals surface area contributed by atoms with Gasteiger partial charge in [-0.25, -0.2) is 0 Å². The fraction of sp³-hybridized carbons (Fsp3) is 0.600. The van der Waals surface area contributed by atoms with Gasteiger partial charge in [0.2, 0.25) is 0 Å². The number of nitrogens with one attached hydrogen (secondary N) is 2. The zero-order valence-electron chi connectivity index (χ0n) is 10.8. The standard InChI is InChI=1S/C15H24N2/c1-2-16-14-9-6-10-15(11-14)17-12-13-7-4-3-5-8-13/h3-5,7-8,14-17H,2,6,9-12H2,1H3/t14-,15-/m0/s1. The van der Waals surface area contributed by atoms with Gasteiger partial charge in [-0.1, -0.05) is 43.7 Å². The Morgan fingerprint density at radius 3 is 2.47 bits per heavy atom. The predicted octanol–water partition coefficient (Wildman–Crippen LogP) is 2.70. The number of hydrogen-bond acceptors (Lipinski definition) is 2. The molecule has 0 amide bonds. The van der Waals surface area contributed by atoms with Crippen LogP contribution in [0, 0.1) is 0 Å². The minimum atomic E-state index is 0.688. The van der Waals surface area contributed by atoms with Crippen molar-refractivity contribution < 1.29 is 0 Å². The van der Waals surface area contributed by atoms with Crippen LogP contribution in [0.15, 0.2) is 30.3 Å². The first-order chi connectivity index (χ1) is 8.38. The molecule has 0 aliphatic heterocycles. The average Bonchev–Trinajstić information content (AvgIpc) is 2.39. The van der Waals surface area contributed by atoms with Crippen LogP contribution in [-0.2, 0) is 6.54 Å². The Kier molecular flexibility index (Phi) is 5.02. The lowest BCUT2D eigenvalue weighted by Crippen LogP contribution is -2.41. The monoisotopic (exact) mass is 232 g/mol. The third-order valence-electron chi connectivity index (χ3n) is 3.60. The first-order valence-electron chi connectivity index (χ1n) is 6.89. The van der Waals surface area contributed by atoms with E-state index in [-0.39, 0.29) is 0 Å². The van der Waals surface area contributed by atoms with E-state index in [1.165, 1.54) is 31.2 Å². The second-order valence-corrected chi connectivity index (χ2v) is 4.98. The highest BCUT2D eigenvalue weighted by molar-refractivity contribution is 5.14. The van der Waals surface area contributed by atoms with Crippen molar-refractivity contribution >= 4 is 0 Å². The molecule has 0 spiro atoms. The largest absolute Gasteiger partial charge is 0.314 e. The maximum atomic E-state index is 3.69. The van der Waals surface area contributed by atoms with Crippen molar-refractivity contribution in [1.82, 2.24) is 10.6 Å². The fourth-order valence-corrected chi connectivity index (χ4v) is 2.71. The summed E-state index contributed by atoms with van der Waals surface area (Å²) in [6.45, 7) is 4.29. The molecule has 1 aliphatic carbocycles. The summed E-state index contributed by atoms with van der Waals surface area (Å²) in [5.74, 6) is 0. The molecule has 2 rings (SSSR count). The zero-order chi connectivity index (χ0) is 11.9. The molecule has 2 nitrogen and oxygen atoms in total. The highest BCUT2D eigenvalue weighted by Gasteiger charge is 2.20. The summed E-state index contributed by atoms with van der Waals surface area (Å²) in [5, 5.41) is 7.26. The van der Waals surface area contributed by atoms with Crippen LogP contribution in [0.1, 0.15) is 38.2 Å². The van der Waals surface area contributed by atoms with E-state index in [2.05, 4.69) is 47.9 Å². The van der Waals surface area contributed by atoms with Crippen molar-refractivity contribution in [3.05, 3.63) is 35.9 Å². The van der Waals surface area contributed by atoms with Crippen LogP contribution in [0.4, 0.5) is 0 Å². The summed E-state index contributed by atoms with van der Waals surface area (Å²) in [6, 6.07) is 12.1.